The molecular formula is C23H35N3O5S. The van der Waals surface area contributed by atoms with Crippen LogP contribution >= 0.6 is 11.8 Å². The summed E-state index contributed by atoms with van der Waals surface area (Å²) < 4.78 is 5.30. The monoisotopic (exact) mass is 465 g/mol. The summed E-state index contributed by atoms with van der Waals surface area (Å²) in [5.41, 5.74) is 0.402. The molecule has 3 N–H and O–H groups in total. The average Bonchev–Trinajstić information content (AvgIpc) is 2.70. The Hall–Kier alpha value is -2.42. The van der Waals surface area contributed by atoms with Gasteiger partial charge < -0.3 is 25.4 Å². The van der Waals surface area contributed by atoms with Crippen molar-refractivity contribution in [2.45, 2.75) is 70.2 Å². The Bertz CT molecular complexity index is 769. The SMILES string of the molecule is CSCCC(NC(=O)OC(C)(C)C)C(=O)NC1CCN(C(=O)O)C(Cc2ccccc2)C1. The van der Waals surface area contributed by atoms with Crippen LogP contribution in [0.25, 0.3) is 0 Å². The summed E-state index contributed by atoms with van der Waals surface area (Å²) in [6, 6.07) is 8.65. The number of ether oxygens (including phenoxy) is 1. The Morgan fingerprint density at radius 1 is 1.25 bits per heavy atom. The van der Waals surface area contributed by atoms with Crippen molar-refractivity contribution in [3.63, 3.8) is 0 Å². The molecule has 3 atom stereocenters. The molecule has 3 amide bonds. The van der Waals surface area contributed by atoms with Gasteiger partial charge in [-0.1, -0.05) is 30.3 Å². The number of piperidine rings is 1. The van der Waals surface area contributed by atoms with Gasteiger partial charge in [0.25, 0.3) is 0 Å². The number of carbonyl (C=O) groups excluding carboxylic acids is 2. The van der Waals surface area contributed by atoms with E-state index in [1.165, 1.54) is 4.90 Å². The van der Waals surface area contributed by atoms with Crippen LogP contribution < -0.4 is 10.6 Å². The number of amides is 3. The van der Waals surface area contributed by atoms with E-state index in [-0.39, 0.29) is 18.0 Å². The quantitative estimate of drug-likeness (QED) is 0.542. The Labute approximate surface area is 194 Å². The molecular weight excluding hydrogens is 430 g/mol. The topological polar surface area (TPSA) is 108 Å². The number of carbonyl (C=O) groups is 3. The number of hydrogen-bond acceptors (Lipinski definition) is 5. The van der Waals surface area contributed by atoms with E-state index in [1.807, 2.05) is 36.6 Å². The predicted octanol–water partition coefficient (Wildman–Crippen LogP) is 3.50. The summed E-state index contributed by atoms with van der Waals surface area (Å²) in [6.07, 6.45) is 2.50. The minimum atomic E-state index is -0.944. The third-order valence-electron chi connectivity index (χ3n) is 5.24. The minimum absolute atomic E-state index is 0.163. The fourth-order valence-corrected chi connectivity index (χ4v) is 4.24. The van der Waals surface area contributed by atoms with Crippen molar-refractivity contribution >= 4 is 29.9 Å². The van der Waals surface area contributed by atoms with E-state index in [2.05, 4.69) is 10.6 Å². The zero-order valence-corrected chi connectivity index (χ0v) is 20.1. The first-order valence-corrected chi connectivity index (χ1v) is 12.3. The summed E-state index contributed by atoms with van der Waals surface area (Å²) in [5, 5.41) is 15.3. The summed E-state index contributed by atoms with van der Waals surface area (Å²) in [4.78, 5) is 38.4. The number of carboxylic acid groups (broad SMARTS) is 1. The second-order valence-electron chi connectivity index (χ2n) is 9.03. The zero-order chi connectivity index (χ0) is 23.7. The van der Waals surface area contributed by atoms with Gasteiger partial charge in [0.05, 0.1) is 0 Å². The lowest BCUT2D eigenvalue weighted by atomic mass is 9.92. The van der Waals surface area contributed by atoms with E-state index in [0.717, 1.165) is 5.56 Å². The molecule has 1 fully saturated rings. The molecule has 3 unspecified atom stereocenters. The van der Waals surface area contributed by atoms with Crippen LogP contribution in [0.2, 0.25) is 0 Å². The number of likely N-dealkylation sites (tertiary alicyclic amines) is 1. The molecule has 1 aliphatic heterocycles. The van der Waals surface area contributed by atoms with Crippen molar-refractivity contribution in [2.75, 3.05) is 18.6 Å². The normalized spacial score (nSPS) is 19.7. The standard InChI is InChI=1S/C23H35N3O5S/c1-23(2,3)31-21(28)25-19(11-13-32-4)20(27)24-17-10-12-26(22(29)30)18(15-17)14-16-8-6-5-7-9-16/h5-9,17-19H,10-15H2,1-4H3,(H,24,27)(H,25,28)(H,29,30). The van der Waals surface area contributed by atoms with Gasteiger partial charge in [-0.2, -0.15) is 11.8 Å². The number of hydrogen-bond donors (Lipinski definition) is 3. The highest BCUT2D eigenvalue weighted by molar-refractivity contribution is 7.98. The number of nitrogens with zero attached hydrogens (tertiary/aromatic N) is 1. The van der Waals surface area contributed by atoms with Gasteiger partial charge in [0.1, 0.15) is 11.6 Å². The molecule has 0 saturated carbocycles. The van der Waals surface area contributed by atoms with E-state index in [9.17, 15) is 19.5 Å². The van der Waals surface area contributed by atoms with Crippen molar-refractivity contribution in [1.29, 1.82) is 0 Å². The fraction of sp³-hybridized carbons (Fsp3) is 0.609. The molecule has 0 spiro atoms. The maximum atomic E-state index is 13.0. The molecule has 0 radical (unpaired) electrons. The molecule has 1 aromatic rings. The number of benzene rings is 1. The molecule has 178 valence electrons. The average molecular weight is 466 g/mol. The molecule has 32 heavy (non-hydrogen) atoms. The van der Waals surface area contributed by atoms with Gasteiger partial charge >= 0.3 is 12.2 Å². The van der Waals surface area contributed by atoms with Gasteiger partial charge in [-0.15, -0.1) is 0 Å². The van der Waals surface area contributed by atoms with Crippen LogP contribution in [0.15, 0.2) is 30.3 Å². The Morgan fingerprint density at radius 3 is 2.53 bits per heavy atom. The van der Waals surface area contributed by atoms with E-state index in [4.69, 9.17) is 4.74 Å². The lowest BCUT2D eigenvalue weighted by Crippen LogP contribution is -2.56. The molecule has 0 aliphatic carbocycles. The maximum absolute atomic E-state index is 13.0. The molecule has 8 nitrogen and oxygen atoms in total. The number of nitrogens with one attached hydrogen (secondary N) is 2. The molecule has 1 heterocycles. The summed E-state index contributed by atoms with van der Waals surface area (Å²) >= 11 is 1.59. The predicted molar refractivity (Wildman–Crippen MR) is 126 cm³/mol. The molecule has 0 bridgehead atoms. The second kappa shape index (κ2) is 12.0. The lowest BCUT2D eigenvalue weighted by molar-refractivity contribution is -0.124. The molecule has 2 rings (SSSR count). The Morgan fingerprint density at radius 2 is 1.94 bits per heavy atom. The third-order valence-corrected chi connectivity index (χ3v) is 5.88. The summed E-state index contributed by atoms with van der Waals surface area (Å²) in [6.45, 7) is 5.67. The molecule has 0 aromatic heterocycles. The van der Waals surface area contributed by atoms with Crippen LogP contribution in [0.3, 0.4) is 0 Å². The highest BCUT2D eigenvalue weighted by atomic mass is 32.2. The molecule has 1 aromatic carbocycles. The lowest BCUT2D eigenvalue weighted by Gasteiger charge is -2.38. The highest BCUT2D eigenvalue weighted by Gasteiger charge is 2.33. The first-order valence-electron chi connectivity index (χ1n) is 10.9. The van der Waals surface area contributed by atoms with Crippen molar-refractivity contribution in [3.05, 3.63) is 35.9 Å². The zero-order valence-electron chi connectivity index (χ0n) is 19.3. The third kappa shape index (κ3) is 8.61. The Balaban J connectivity index is 2.02. The number of rotatable bonds is 8. The van der Waals surface area contributed by atoms with E-state index in [0.29, 0.717) is 38.0 Å². The second-order valence-corrected chi connectivity index (χ2v) is 10.0. The van der Waals surface area contributed by atoms with E-state index in [1.54, 1.807) is 32.5 Å². The highest BCUT2D eigenvalue weighted by Crippen LogP contribution is 2.22. The van der Waals surface area contributed by atoms with Crippen molar-refractivity contribution in [2.24, 2.45) is 0 Å². The van der Waals surface area contributed by atoms with E-state index < -0.39 is 23.8 Å². The van der Waals surface area contributed by atoms with Crippen molar-refractivity contribution in [1.82, 2.24) is 15.5 Å². The van der Waals surface area contributed by atoms with E-state index >= 15 is 0 Å². The first-order chi connectivity index (χ1) is 15.1. The van der Waals surface area contributed by atoms with Crippen LogP contribution in [-0.4, -0.2) is 70.4 Å². The molecule has 1 saturated heterocycles. The largest absolute Gasteiger partial charge is 0.465 e. The smallest absolute Gasteiger partial charge is 0.408 e. The maximum Gasteiger partial charge on any atom is 0.408 e. The van der Waals surface area contributed by atoms with Crippen LogP contribution in [0.1, 0.15) is 45.6 Å². The van der Waals surface area contributed by atoms with Gasteiger partial charge in [-0.25, -0.2) is 9.59 Å². The van der Waals surface area contributed by atoms with Crippen molar-refractivity contribution < 1.29 is 24.2 Å². The summed E-state index contributed by atoms with van der Waals surface area (Å²) in [7, 11) is 0. The van der Waals surface area contributed by atoms with Crippen molar-refractivity contribution in [3.8, 4) is 0 Å². The van der Waals surface area contributed by atoms with Crippen LogP contribution in [0.4, 0.5) is 9.59 Å². The van der Waals surface area contributed by atoms with Gasteiger partial charge in [0.15, 0.2) is 0 Å². The van der Waals surface area contributed by atoms with Gasteiger partial charge in [-0.05, 0) is 64.0 Å². The number of alkyl carbamates (subject to hydrolysis) is 1. The van der Waals surface area contributed by atoms with Crippen LogP contribution in [0, 0.1) is 0 Å². The fourth-order valence-electron chi connectivity index (χ4n) is 3.77. The van der Waals surface area contributed by atoms with Crippen LogP contribution in [0.5, 0.6) is 0 Å². The minimum Gasteiger partial charge on any atom is -0.465 e. The molecule has 1 aliphatic rings. The van der Waals surface area contributed by atoms with Crippen LogP contribution in [-0.2, 0) is 16.0 Å². The Kier molecular flexibility index (Phi) is 9.68. The van der Waals surface area contributed by atoms with Gasteiger partial charge in [0, 0.05) is 18.6 Å². The summed E-state index contributed by atoms with van der Waals surface area (Å²) in [5.74, 6) is 0.444. The number of thioether (sulfide) groups is 1. The first kappa shape index (κ1) is 25.8. The van der Waals surface area contributed by atoms with Gasteiger partial charge in [-0.3, -0.25) is 4.79 Å². The van der Waals surface area contributed by atoms with Gasteiger partial charge in [0.2, 0.25) is 5.91 Å². The molecule has 9 heteroatoms.